The van der Waals surface area contributed by atoms with E-state index in [0.717, 1.165) is 17.3 Å². The Morgan fingerprint density at radius 3 is 2.89 bits per heavy atom. The van der Waals surface area contributed by atoms with Crippen LogP contribution in [0.15, 0.2) is 24.4 Å². The van der Waals surface area contributed by atoms with Gasteiger partial charge in [0.25, 0.3) is 0 Å². The quantitative estimate of drug-likeness (QED) is 0.786. The van der Waals surface area contributed by atoms with Crippen molar-refractivity contribution in [1.82, 2.24) is 4.98 Å². The van der Waals surface area contributed by atoms with Crippen molar-refractivity contribution in [2.45, 2.75) is 19.8 Å². The third-order valence-corrected chi connectivity index (χ3v) is 3.19. The monoisotopic (exact) mass is 263 g/mol. The molecule has 0 amide bonds. The molecule has 1 aromatic heterocycles. The zero-order valence-electron chi connectivity index (χ0n) is 10.4. The Hall–Kier alpha value is -1.61. The average molecular weight is 264 g/mol. The van der Waals surface area contributed by atoms with Crippen LogP contribution in [0.5, 0.6) is 5.75 Å². The van der Waals surface area contributed by atoms with Crippen LogP contribution in [0.3, 0.4) is 0 Å². The highest BCUT2D eigenvalue weighted by atomic mass is 35.5. The van der Waals surface area contributed by atoms with Crippen LogP contribution < -0.4 is 4.74 Å². The first-order valence-corrected chi connectivity index (χ1v) is 6.20. The van der Waals surface area contributed by atoms with Crippen molar-refractivity contribution >= 4 is 28.3 Å². The third-order valence-electron chi connectivity index (χ3n) is 2.79. The summed E-state index contributed by atoms with van der Waals surface area (Å²) >= 11 is 6.28. The summed E-state index contributed by atoms with van der Waals surface area (Å²) in [5, 5.41) is 1.20. The van der Waals surface area contributed by atoms with E-state index in [1.54, 1.807) is 19.4 Å². The maximum Gasteiger partial charge on any atom is 0.165 e. The lowest BCUT2D eigenvalue weighted by Gasteiger charge is -2.07. The second-order valence-electron chi connectivity index (χ2n) is 4.04. The van der Waals surface area contributed by atoms with E-state index >= 15 is 0 Å². The molecule has 1 aromatic carbocycles. The Balaban J connectivity index is 2.58. The lowest BCUT2D eigenvalue weighted by molar-refractivity contribution is 0.0981. The zero-order chi connectivity index (χ0) is 13.1. The van der Waals surface area contributed by atoms with Crippen LogP contribution in [-0.2, 0) is 0 Å². The molecular weight excluding hydrogens is 250 g/mol. The van der Waals surface area contributed by atoms with E-state index in [4.69, 9.17) is 16.3 Å². The van der Waals surface area contributed by atoms with Gasteiger partial charge in [-0.25, -0.2) is 0 Å². The number of Topliss-reactive ketones (excluding diaryl/α,β-unsaturated/α-hetero) is 1. The fourth-order valence-corrected chi connectivity index (χ4v) is 2.13. The topological polar surface area (TPSA) is 39.2 Å². The van der Waals surface area contributed by atoms with Crippen molar-refractivity contribution in [2.24, 2.45) is 0 Å². The van der Waals surface area contributed by atoms with E-state index in [1.165, 1.54) is 0 Å². The predicted molar refractivity (Wildman–Crippen MR) is 72.5 cm³/mol. The molecule has 0 fully saturated rings. The van der Waals surface area contributed by atoms with Crippen LogP contribution in [0.1, 0.15) is 30.1 Å². The first-order valence-electron chi connectivity index (χ1n) is 5.82. The van der Waals surface area contributed by atoms with Crippen molar-refractivity contribution in [2.75, 3.05) is 7.11 Å². The number of carbonyl (C=O) groups is 1. The maximum absolute atomic E-state index is 11.9. The Morgan fingerprint density at radius 1 is 1.44 bits per heavy atom. The van der Waals surface area contributed by atoms with Crippen molar-refractivity contribution in [3.05, 3.63) is 35.0 Å². The molecular formula is C14H14ClNO2. The summed E-state index contributed by atoms with van der Waals surface area (Å²) in [5.74, 6) is 0.728. The van der Waals surface area contributed by atoms with Crippen LogP contribution >= 0.6 is 11.6 Å². The van der Waals surface area contributed by atoms with Gasteiger partial charge in [-0.15, -0.1) is 0 Å². The fraction of sp³-hybridized carbons (Fsp3) is 0.286. The van der Waals surface area contributed by atoms with E-state index in [0.29, 0.717) is 22.8 Å². The predicted octanol–water partition coefficient (Wildman–Crippen LogP) is 3.88. The largest absolute Gasteiger partial charge is 0.497 e. The van der Waals surface area contributed by atoms with E-state index < -0.39 is 0 Å². The molecule has 94 valence electrons. The Morgan fingerprint density at radius 2 is 2.22 bits per heavy atom. The molecule has 0 radical (unpaired) electrons. The summed E-state index contributed by atoms with van der Waals surface area (Å²) in [6.45, 7) is 1.96. The van der Waals surface area contributed by atoms with Crippen LogP contribution in [0, 0.1) is 0 Å². The molecule has 0 spiro atoms. The number of hydrogen-bond donors (Lipinski definition) is 0. The molecule has 0 aliphatic carbocycles. The van der Waals surface area contributed by atoms with E-state index in [1.807, 2.05) is 19.1 Å². The smallest absolute Gasteiger partial charge is 0.165 e. The van der Waals surface area contributed by atoms with Gasteiger partial charge >= 0.3 is 0 Å². The summed E-state index contributed by atoms with van der Waals surface area (Å²) in [6, 6.07) is 5.45. The number of fused-ring (bicyclic) bond motifs is 1. The van der Waals surface area contributed by atoms with E-state index in [-0.39, 0.29) is 5.78 Å². The van der Waals surface area contributed by atoms with Crippen molar-refractivity contribution in [1.29, 1.82) is 0 Å². The van der Waals surface area contributed by atoms with Crippen molar-refractivity contribution in [3.8, 4) is 5.75 Å². The van der Waals surface area contributed by atoms with Gasteiger partial charge in [0, 0.05) is 18.0 Å². The summed E-state index contributed by atoms with van der Waals surface area (Å²) in [7, 11) is 1.59. The molecule has 0 saturated carbocycles. The number of rotatable bonds is 4. The minimum absolute atomic E-state index is 0.0275. The summed E-state index contributed by atoms with van der Waals surface area (Å²) in [5.41, 5.74) is 1.24. The molecule has 18 heavy (non-hydrogen) atoms. The zero-order valence-corrected chi connectivity index (χ0v) is 11.1. The molecule has 4 heteroatoms. The summed E-state index contributed by atoms with van der Waals surface area (Å²) in [6.07, 6.45) is 2.83. The fourth-order valence-electron chi connectivity index (χ4n) is 1.82. The Bertz CT molecular complexity index is 596. The van der Waals surface area contributed by atoms with Gasteiger partial charge in [-0.05, 0) is 24.6 Å². The van der Waals surface area contributed by atoms with Crippen LogP contribution in [0.25, 0.3) is 10.9 Å². The number of halogens is 1. The van der Waals surface area contributed by atoms with Gasteiger partial charge in [0.05, 0.1) is 23.2 Å². The molecule has 2 rings (SSSR count). The molecule has 0 N–H and O–H groups in total. The highest BCUT2D eigenvalue weighted by Gasteiger charge is 2.13. The molecule has 0 saturated heterocycles. The van der Waals surface area contributed by atoms with Crippen molar-refractivity contribution in [3.63, 3.8) is 0 Å². The van der Waals surface area contributed by atoms with Crippen LogP contribution in [0.4, 0.5) is 0 Å². The molecule has 1 heterocycles. The minimum Gasteiger partial charge on any atom is -0.497 e. The standard InChI is InChI=1S/C14H14ClNO2/c1-3-4-13(17)11-8-16-12-6-5-9(18-2)7-10(12)14(11)15/h5-8H,3-4H2,1-2H3. The highest BCUT2D eigenvalue weighted by Crippen LogP contribution is 2.29. The first-order chi connectivity index (χ1) is 8.67. The van der Waals surface area contributed by atoms with E-state index in [2.05, 4.69) is 4.98 Å². The number of ketones is 1. The maximum atomic E-state index is 11.9. The number of carbonyl (C=O) groups excluding carboxylic acids is 1. The molecule has 0 aliphatic rings. The normalized spacial score (nSPS) is 10.6. The van der Waals surface area contributed by atoms with Crippen molar-refractivity contribution < 1.29 is 9.53 Å². The number of pyridine rings is 1. The molecule has 3 nitrogen and oxygen atoms in total. The van der Waals surface area contributed by atoms with E-state index in [9.17, 15) is 4.79 Å². The number of methoxy groups -OCH3 is 1. The van der Waals surface area contributed by atoms with Gasteiger partial charge in [0.2, 0.25) is 0 Å². The van der Waals surface area contributed by atoms with Crippen LogP contribution in [-0.4, -0.2) is 17.9 Å². The molecule has 0 aliphatic heterocycles. The Labute approximate surface area is 111 Å². The van der Waals surface area contributed by atoms with Crippen LogP contribution in [0.2, 0.25) is 5.02 Å². The lowest BCUT2D eigenvalue weighted by atomic mass is 10.1. The second kappa shape index (κ2) is 5.36. The summed E-state index contributed by atoms with van der Waals surface area (Å²) in [4.78, 5) is 16.2. The molecule has 0 atom stereocenters. The molecule has 0 bridgehead atoms. The Kier molecular flexibility index (Phi) is 3.82. The average Bonchev–Trinajstić information content (AvgIpc) is 2.39. The number of ether oxygens (including phenoxy) is 1. The van der Waals surface area contributed by atoms with Gasteiger partial charge in [-0.3, -0.25) is 9.78 Å². The van der Waals surface area contributed by atoms with Gasteiger partial charge in [-0.1, -0.05) is 18.5 Å². The number of hydrogen-bond acceptors (Lipinski definition) is 3. The van der Waals surface area contributed by atoms with Gasteiger partial charge in [0.1, 0.15) is 5.75 Å². The minimum atomic E-state index is 0.0275. The molecule has 2 aromatic rings. The SMILES string of the molecule is CCCC(=O)c1cnc2ccc(OC)cc2c1Cl. The number of benzene rings is 1. The number of nitrogens with zero attached hydrogens (tertiary/aromatic N) is 1. The second-order valence-corrected chi connectivity index (χ2v) is 4.42. The van der Waals surface area contributed by atoms with Gasteiger partial charge < -0.3 is 4.74 Å². The highest BCUT2D eigenvalue weighted by molar-refractivity contribution is 6.38. The van der Waals surface area contributed by atoms with Gasteiger partial charge in [-0.2, -0.15) is 0 Å². The molecule has 0 unspecified atom stereocenters. The first kappa shape index (κ1) is 12.8. The van der Waals surface area contributed by atoms with Gasteiger partial charge in [0.15, 0.2) is 5.78 Å². The lowest BCUT2D eigenvalue weighted by Crippen LogP contribution is -2.01. The summed E-state index contributed by atoms with van der Waals surface area (Å²) < 4.78 is 5.15. The number of aromatic nitrogens is 1. The third kappa shape index (κ3) is 2.31.